The topological polar surface area (TPSA) is 46.4 Å². The van der Waals surface area contributed by atoms with Crippen LogP contribution in [0.1, 0.15) is 5.56 Å². The third kappa shape index (κ3) is 2.25. The number of methoxy groups -OCH3 is 1. The van der Waals surface area contributed by atoms with Crippen LogP contribution in [0.3, 0.4) is 0 Å². The van der Waals surface area contributed by atoms with Gasteiger partial charge in [-0.2, -0.15) is 0 Å². The van der Waals surface area contributed by atoms with Crippen molar-refractivity contribution in [3.63, 3.8) is 0 Å². The minimum Gasteiger partial charge on any atom is -0.494 e. The van der Waals surface area contributed by atoms with Gasteiger partial charge in [-0.15, -0.1) is 0 Å². The van der Waals surface area contributed by atoms with Crippen LogP contribution in [0.4, 0.5) is 4.39 Å². The summed E-state index contributed by atoms with van der Waals surface area (Å²) < 4.78 is 24.6. The fourth-order valence-corrected chi connectivity index (χ4v) is 2.27. The van der Waals surface area contributed by atoms with Crippen LogP contribution in [0.15, 0.2) is 28.2 Å². The zero-order valence-corrected chi connectivity index (χ0v) is 11.6. The van der Waals surface area contributed by atoms with Crippen LogP contribution in [-0.4, -0.2) is 49.1 Å². The average Bonchev–Trinajstić information content (AvgIpc) is 2.39. The Morgan fingerprint density at radius 2 is 2.25 bits per heavy atom. The van der Waals surface area contributed by atoms with E-state index in [9.17, 15) is 4.39 Å². The lowest BCUT2D eigenvalue weighted by atomic mass is 10.1. The van der Waals surface area contributed by atoms with Gasteiger partial charge in [0.2, 0.25) is 5.29 Å². The van der Waals surface area contributed by atoms with Gasteiger partial charge >= 0.3 is 0 Å². The summed E-state index contributed by atoms with van der Waals surface area (Å²) in [6.45, 7) is 1.51. The molecule has 0 aromatic heterocycles. The zero-order chi connectivity index (χ0) is 14.1. The molecule has 0 N–H and O–H groups in total. The molecule has 0 bridgehead atoms. The standard InChI is InChI=1S/C13H13ClFN3O2/c1-19-10-4-2-3-9(11(10)15)12-17-13(14)16-7-18(12)8-5-20-6-8/h2-4,8H,5-7H2,1H3. The molecule has 1 aromatic rings. The molecule has 0 saturated carbocycles. The minimum atomic E-state index is -0.453. The van der Waals surface area contributed by atoms with Crippen LogP contribution in [0.2, 0.25) is 0 Å². The second-order valence-corrected chi connectivity index (χ2v) is 4.82. The molecule has 0 amide bonds. The van der Waals surface area contributed by atoms with Crippen molar-refractivity contribution in [1.82, 2.24) is 4.90 Å². The Morgan fingerprint density at radius 3 is 2.90 bits per heavy atom. The molecular formula is C13H13ClFN3O2. The van der Waals surface area contributed by atoms with Crippen LogP contribution in [0, 0.1) is 5.82 Å². The summed E-state index contributed by atoms with van der Waals surface area (Å²) in [7, 11) is 1.43. The molecule has 106 valence electrons. The maximum absolute atomic E-state index is 14.4. The van der Waals surface area contributed by atoms with E-state index < -0.39 is 5.82 Å². The Kier molecular flexibility index (Phi) is 3.58. The number of hydrogen-bond donors (Lipinski definition) is 0. The lowest BCUT2D eigenvalue weighted by molar-refractivity contribution is -0.0407. The first kappa shape index (κ1) is 13.3. The second kappa shape index (κ2) is 5.38. The van der Waals surface area contributed by atoms with Crippen LogP contribution in [0.5, 0.6) is 5.75 Å². The maximum atomic E-state index is 14.4. The molecule has 0 unspecified atom stereocenters. The number of hydrogen-bond acceptors (Lipinski definition) is 5. The predicted octanol–water partition coefficient (Wildman–Crippen LogP) is 1.85. The molecule has 1 aromatic carbocycles. The molecule has 2 aliphatic rings. The number of amidine groups is 2. The van der Waals surface area contributed by atoms with E-state index in [1.165, 1.54) is 7.11 Å². The first-order chi connectivity index (χ1) is 9.70. The molecule has 0 atom stereocenters. The first-order valence-corrected chi connectivity index (χ1v) is 6.54. The third-order valence-corrected chi connectivity index (χ3v) is 3.51. The van der Waals surface area contributed by atoms with Gasteiger partial charge in [0.1, 0.15) is 12.5 Å². The minimum absolute atomic E-state index is 0.124. The van der Waals surface area contributed by atoms with E-state index in [0.717, 1.165) is 0 Å². The van der Waals surface area contributed by atoms with Gasteiger partial charge < -0.3 is 14.4 Å². The quantitative estimate of drug-likeness (QED) is 0.800. The molecule has 1 saturated heterocycles. The SMILES string of the molecule is COc1cccc(C2=NC(Cl)=NCN2C2COC2)c1F. The van der Waals surface area contributed by atoms with Crippen molar-refractivity contribution >= 4 is 22.7 Å². The highest BCUT2D eigenvalue weighted by Crippen LogP contribution is 2.25. The van der Waals surface area contributed by atoms with Crippen molar-refractivity contribution < 1.29 is 13.9 Å². The van der Waals surface area contributed by atoms with E-state index in [4.69, 9.17) is 21.1 Å². The molecule has 2 heterocycles. The van der Waals surface area contributed by atoms with E-state index in [1.807, 2.05) is 4.90 Å². The monoisotopic (exact) mass is 297 g/mol. The second-order valence-electron chi connectivity index (χ2n) is 4.49. The molecule has 2 aliphatic heterocycles. The summed E-state index contributed by atoms with van der Waals surface area (Å²) in [5, 5.41) is 0.124. The number of halogens is 2. The first-order valence-electron chi connectivity index (χ1n) is 6.16. The molecular weight excluding hydrogens is 285 g/mol. The third-order valence-electron chi connectivity index (χ3n) is 3.31. The number of rotatable bonds is 3. The number of benzene rings is 1. The van der Waals surface area contributed by atoms with Crippen LogP contribution >= 0.6 is 11.6 Å². The van der Waals surface area contributed by atoms with Gasteiger partial charge in [-0.05, 0) is 23.7 Å². The van der Waals surface area contributed by atoms with Gasteiger partial charge in [0.15, 0.2) is 11.6 Å². The summed E-state index contributed by atoms with van der Waals surface area (Å²) in [4.78, 5) is 10.1. The van der Waals surface area contributed by atoms with Gasteiger partial charge in [0.05, 0.1) is 31.9 Å². The van der Waals surface area contributed by atoms with E-state index in [2.05, 4.69) is 9.98 Å². The summed E-state index contributed by atoms with van der Waals surface area (Å²) in [5.74, 6) is 0.189. The molecule has 0 spiro atoms. The smallest absolute Gasteiger partial charge is 0.221 e. The van der Waals surface area contributed by atoms with Gasteiger partial charge in [0, 0.05) is 0 Å². The van der Waals surface area contributed by atoms with E-state index >= 15 is 0 Å². The Labute approximate surface area is 120 Å². The largest absolute Gasteiger partial charge is 0.494 e. The summed E-state index contributed by atoms with van der Waals surface area (Å²) in [6, 6.07) is 5.08. The van der Waals surface area contributed by atoms with Gasteiger partial charge in [0.25, 0.3) is 0 Å². The predicted molar refractivity (Wildman–Crippen MR) is 74.1 cm³/mol. The van der Waals surface area contributed by atoms with Gasteiger partial charge in [-0.1, -0.05) is 6.07 Å². The number of aliphatic imine (C=N–C) groups is 2. The van der Waals surface area contributed by atoms with E-state index in [-0.39, 0.29) is 17.1 Å². The van der Waals surface area contributed by atoms with Gasteiger partial charge in [-0.3, -0.25) is 0 Å². The Bertz CT molecular complexity index is 587. The molecule has 0 radical (unpaired) electrons. The Balaban J connectivity index is 2.02. The Morgan fingerprint density at radius 1 is 1.45 bits per heavy atom. The lowest BCUT2D eigenvalue weighted by Gasteiger charge is -2.39. The van der Waals surface area contributed by atoms with Crippen LogP contribution in [0.25, 0.3) is 0 Å². The highest BCUT2D eigenvalue weighted by atomic mass is 35.5. The fourth-order valence-electron chi connectivity index (χ4n) is 2.14. The number of nitrogens with zero attached hydrogens (tertiary/aromatic N) is 3. The number of ether oxygens (including phenoxy) is 2. The average molecular weight is 298 g/mol. The van der Waals surface area contributed by atoms with Gasteiger partial charge in [-0.25, -0.2) is 14.4 Å². The summed E-state index contributed by atoms with van der Waals surface area (Å²) in [6.07, 6.45) is 0. The fraction of sp³-hybridized carbons (Fsp3) is 0.385. The molecule has 0 aliphatic carbocycles. The molecule has 1 fully saturated rings. The van der Waals surface area contributed by atoms with Crippen LogP contribution in [-0.2, 0) is 4.74 Å². The van der Waals surface area contributed by atoms with Crippen molar-refractivity contribution in [3.8, 4) is 5.75 Å². The van der Waals surface area contributed by atoms with Crippen molar-refractivity contribution in [3.05, 3.63) is 29.6 Å². The maximum Gasteiger partial charge on any atom is 0.221 e. The van der Waals surface area contributed by atoms with E-state index in [0.29, 0.717) is 31.3 Å². The summed E-state index contributed by atoms with van der Waals surface area (Å²) in [5.41, 5.74) is 0.351. The highest BCUT2D eigenvalue weighted by molar-refractivity contribution is 6.66. The normalized spacial score (nSPS) is 19.2. The van der Waals surface area contributed by atoms with Crippen molar-refractivity contribution in [1.29, 1.82) is 0 Å². The Hall–Kier alpha value is -1.66. The summed E-state index contributed by atoms with van der Waals surface area (Å²) >= 11 is 5.87. The molecule has 3 rings (SSSR count). The van der Waals surface area contributed by atoms with Crippen molar-refractivity contribution in [2.75, 3.05) is 27.0 Å². The highest BCUT2D eigenvalue weighted by Gasteiger charge is 2.32. The molecule has 20 heavy (non-hydrogen) atoms. The molecule has 7 heteroatoms. The van der Waals surface area contributed by atoms with Crippen molar-refractivity contribution in [2.24, 2.45) is 9.98 Å². The molecule has 5 nitrogen and oxygen atoms in total. The van der Waals surface area contributed by atoms with E-state index in [1.54, 1.807) is 18.2 Å². The van der Waals surface area contributed by atoms with Crippen molar-refractivity contribution in [2.45, 2.75) is 6.04 Å². The lowest BCUT2D eigenvalue weighted by Crippen LogP contribution is -2.53. The zero-order valence-electron chi connectivity index (χ0n) is 10.8. The van der Waals surface area contributed by atoms with Crippen LogP contribution < -0.4 is 4.74 Å².